The topological polar surface area (TPSA) is 49.8 Å². The van der Waals surface area contributed by atoms with Crippen LogP contribution in [0.25, 0.3) is 0 Å². The molecule has 1 aromatic rings. The van der Waals surface area contributed by atoms with Crippen LogP contribution in [-0.2, 0) is 11.3 Å². The largest absolute Gasteiger partial charge is 0.478 e. The Morgan fingerprint density at radius 3 is 3.00 bits per heavy atom. The average Bonchev–Trinajstić information content (AvgIpc) is 2.38. The normalized spacial score (nSPS) is 20.4. The average molecular weight is 267 g/mol. The van der Waals surface area contributed by atoms with E-state index in [4.69, 9.17) is 9.84 Å². The lowest BCUT2D eigenvalue weighted by Crippen LogP contribution is -2.41. The maximum atomic E-state index is 13.6. The molecule has 0 aromatic heterocycles. The number of rotatable bonds is 4. The van der Waals surface area contributed by atoms with Gasteiger partial charge in [-0.05, 0) is 24.1 Å². The van der Waals surface area contributed by atoms with E-state index in [9.17, 15) is 9.18 Å². The second-order valence-electron chi connectivity index (χ2n) is 4.76. The molecule has 0 aliphatic carbocycles. The second kappa shape index (κ2) is 6.12. The summed E-state index contributed by atoms with van der Waals surface area (Å²) in [6.45, 7) is 5.04. The fourth-order valence-electron chi connectivity index (χ4n) is 2.26. The Bertz CT molecular complexity index is 464. The number of morpholine rings is 1. The summed E-state index contributed by atoms with van der Waals surface area (Å²) in [6.07, 6.45) is 1.19. The third-order valence-electron chi connectivity index (χ3n) is 3.35. The van der Waals surface area contributed by atoms with Crippen LogP contribution in [-0.4, -0.2) is 41.8 Å². The summed E-state index contributed by atoms with van der Waals surface area (Å²) in [4.78, 5) is 12.9. The molecule has 1 heterocycles. The Labute approximate surface area is 111 Å². The van der Waals surface area contributed by atoms with Crippen LogP contribution in [0.1, 0.15) is 29.3 Å². The van der Waals surface area contributed by atoms with Gasteiger partial charge in [-0.3, -0.25) is 4.90 Å². The van der Waals surface area contributed by atoms with Gasteiger partial charge in [0.1, 0.15) is 5.82 Å². The highest BCUT2D eigenvalue weighted by atomic mass is 19.1. The van der Waals surface area contributed by atoms with Crippen molar-refractivity contribution in [2.75, 3.05) is 19.7 Å². The summed E-state index contributed by atoms with van der Waals surface area (Å²) >= 11 is 0. The molecule has 0 amide bonds. The fraction of sp³-hybridized carbons (Fsp3) is 0.500. The van der Waals surface area contributed by atoms with Crippen LogP contribution in [0.5, 0.6) is 0 Å². The van der Waals surface area contributed by atoms with Crippen molar-refractivity contribution in [3.63, 3.8) is 0 Å². The molecule has 1 aliphatic rings. The summed E-state index contributed by atoms with van der Waals surface area (Å²) in [7, 11) is 0. The first-order valence-electron chi connectivity index (χ1n) is 6.45. The van der Waals surface area contributed by atoms with Crippen molar-refractivity contribution in [3.05, 3.63) is 35.1 Å². The second-order valence-corrected chi connectivity index (χ2v) is 4.76. The number of aromatic carboxylic acids is 1. The Kier molecular flexibility index (Phi) is 4.50. The molecule has 1 N–H and O–H groups in total. The molecule has 1 aliphatic heterocycles. The van der Waals surface area contributed by atoms with Gasteiger partial charge < -0.3 is 9.84 Å². The van der Waals surface area contributed by atoms with E-state index in [2.05, 4.69) is 11.8 Å². The minimum atomic E-state index is -1.23. The van der Waals surface area contributed by atoms with Crippen LogP contribution in [0.2, 0.25) is 0 Å². The third-order valence-corrected chi connectivity index (χ3v) is 3.35. The van der Waals surface area contributed by atoms with Crippen LogP contribution < -0.4 is 0 Å². The van der Waals surface area contributed by atoms with E-state index >= 15 is 0 Å². The third kappa shape index (κ3) is 3.52. The number of halogens is 1. The van der Waals surface area contributed by atoms with Gasteiger partial charge in [-0.25, -0.2) is 9.18 Å². The van der Waals surface area contributed by atoms with E-state index in [1.54, 1.807) is 6.07 Å². The summed E-state index contributed by atoms with van der Waals surface area (Å²) < 4.78 is 19.1. The quantitative estimate of drug-likeness (QED) is 0.908. The molecule has 0 radical (unpaired) electrons. The van der Waals surface area contributed by atoms with Gasteiger partial charge in [0.25, 0.3) is 0 Å². The predicted octanol–water partition coefficient (Wildman–Crippen LogP) is 2.13. The zero-order valence-electron chi connectivity index (χ0n) is 10.9. The number of carboxylic acid groups (broad SMARTS) is 1. The van der Waals surface area contributed by atoms with Gasteiger partial charge in [-0.1, -0.05) is 13.0 Å². The lowest BCUT2D eigenvalue weighted by molar-refractivity contribution is -0.0324. The Morgan fingerprint density at radius 1 is 1.58 bits per heavy atom. The van der Waals surface area contributed by atoms with Gasteiger partial charge in [-0.2, -0.15) is 0 Å². The number of hydrogen-bond donors (Lipinski definition) is 1. The molecular weight excluding hydrogens is 249 g/mol. The van der Waals surface area contributed by atoms with Crippen molar-refractivity contribution in [2.45, 2.75) is 26.0 Å². The monoisotopic (exact) mass is 267 g/mol. The van der Waals surface area contributed by atoms with Crippen LogP contribution in [0.4, 0.5) is 4.39 Å². The number of ether oxygens (including phenoxy) is 1. The molecule has 0 saturated carbocycles. The maximum Gasteiger partial charge on any atom is 0.338 e. The van der Waals surface area contributed by atoms with Gasteiger partial charge in [0.15, 0.2) is 0 Å². The fourth-order valence-corrected chi connectivity index (χ4v) is 2.26. The van der Waals surface area contributed by atoms with Crippen molar-refractivity contribution >= 4 is 5.97 Å². The Balaban J connectivity index is 2.03. The van der Waals surface area contributed by atoms with Crippen LogP contribution in [0.15, 0.2) is 18.2 Å². The molecule has 0 spiro atoms. The highest BCUT2D eigenvalue weighted by Crippen LogP contribution is 2.15. The van der Waals surface area contributed by atoms with Crippen LogP contribution >= 0.6 is 0 Å². The molecule has 1 atom stereocenters. The Morgan fingerprint density at radius 2 is 2.37 bits per heavy atom. The highest BCUT2D eigenvalue weighted by molar-refractivity contribution is 5.87. The lowest BCUT2D eigenvalue weighted by atomic mass is 10.1. The summed E-state index contributed by atoms with van der Waals surface area (Å²) in [5.41, 5.74) is 0.511. The SMILES string of the molecule is CCC1CN(Cc2ccc(C(=O)O)c(F)c2)CCO1. The van der Waals surface area contributed by atoms with E-state index in [1.165, 1.54) is 12.1 Å². The molecular formula is C14H18FNO3. The smallest absolute Gasteiger partial charge is 0.338 e. The van der Waals surface area contributed by atoms with Crippen LogP contribution in [0, 0.1) is 5.82 Å². The van der Waals surface area contributed by atoms with Crippen molar-refractivity contribution in [3.8, 4) is 0 Å². The number of nitrogens with zero attached hydrogens (tertiary/aromatic N) is 1. The van der Waals surface area contributed by atoms with Crippen molar-refractivity contribution in [2.24, 2.45) is 0 Å². The van der Waals surface area contributed by atoms with Crippen molar-refractivity contribution in [1.29, 1.82) is 0 Å². The zero-order chi connectivity index (χ0) is 13.8. The van der Waals surface area contributed by atoms with E-state index in [0.29, 0.717) is 13.2 Å². The highest BCUT2D eigenvalue weighted by Gasteiger charge is 2.19. The number of hydrogen-bond acceptors (Lipinski definition) is 3. The standard InChI is InChI=1S/C14H18FNO3/c1-2-11-9-16(5-6-19-11)8-10-3-4-12(14(17)18)13(15)7-10/h3-4,7,11H,2,5-6,8-9H2,1H3,(H,17,18). The van der Waals surface area contributed by atoms with Gasteiger partial charge in [0.05, 0.1) is 18.3 Å². The van der Waals surface area contributed by atoms with Crippen LogP contribution in [0.3, 0.4) is 0 Å². The molecule has 0 bridgehead atoms. The minimum Gasteiger partial charge on any atom is -0.478 e. The van der Waals surface area contributed by atoms with E-state index in [-0.39, 0.29) is 11.7 Å². The first kappa shape index (κ1) is 14.0. The molecule has 5 heteroatoms. The summed E-state index contributed by atoms with van der Waals surface area (Å²) in [5, 5.41) is 8.78. The van der Waals surface area contributed by atoms with Gasteiger partial charge in [0, 0.05) is 19.6 Å². The zero-order valence-corrected chi connectivity index (χ0v) is 10.9. The molecule has 1 saturated heterocycles. The molecule has 1 unspecified atom stereocenters. The molecule has 104 valence electrons. The molecule has 1 aromatic carbocycles. The minimum absolute atomic E-state index is 0.233. The van der Waals surface area contributed by atoms with E-state index in [1.807, 2.05) is 0 Å². The van der Waals surface area contributed by atoms with E-state index < -0.39 is 11.8 Å². The van der Waals surface area contributed by atoms with Gasteiger partial charge >= 0.3 is 5.97 Å². The predicted molar refractivity (Wildman–Crippen MR) is 68.7 cm³/mol. The molecule has 1 fully saturated rings. The van der Waals surface area contributed by atoms with E-state index in [0.717, 1.165) is 25.1 Å². The maximum absolute atomic E-state index is 13.6. The number of carboxylic acids is 1. The van der Waals surface area contributed by atoms with Gasteiger partial charge in [-0.15, -0.1) is 0 Å². The Hall–Kier alpha value is -1.46. The van der Waals surface area contributed by atoms with Crippen molar-refractivity contribution in [1.82, 2.24) is 4.90 Å². The lowest BCUT2D eigenvalue weighted by Gasteiger charge is -2.32. The number of benzene rings is 1. The number of carbonyl (C=O) groups is 1. The molecule has 19 heavy (non-hydrogen) atoms. The molecule has 2 rings (SSSR count). The van der Waals surface area contributed by atoms with Gasteiger partial charge in [0.2, 0.25) is 0 Å². The summed E-state index contributed by atoms with van der Waals surface area (Å²) in [6, 6.07) is 4.30. The first-order valence-corrected chi connectivity index (χ1v) is 6.45. The van der Waals surface area contributed by atoms with Crippen molar-refractivity contribution < 1.29 is 19.0 Å². The molecule has 4 nitrogen and oxygen atoms in total. The summed E-state index contributed by atoms with van der Waals surface area (Å²) in [5.74, 6) is -1.91. The first-order chi connectivity index (χ1) is 9.10.